The van der Waals surface area contributed by atoms with Gasteiger partial charge in [-0.3, -0.25) is 5.84 Å². The van der Waals surface area contributed by atoms with Gasteiger partial charge in [0, 0.05) is 12.7 Å². The first-order chi connectivity index (χ1) is 9.13. The van der Waals surface area contributed by atoms with Crippen molar-refractivity contribution < 1.29 is 9.13 Å². The van der Waals surface area contributed by atoms with Crippen LogP contribution in [0.25, 0.3) is 0 Å². The Labute approximate surface area is 114 Å². The molecule has 0 spiro atoms. The highest BCUT2D eigenvalue weighted by atomic mass is 19.1. The molecule has 0 heterocycles. The van der Waals surface area contributed by atoms with E-state index in [1.165, 1.54) is 6.07 Å². The molecule has 1 unspecified atom stereocenters. The molecule has 1 aliphatic rings. The van der Waals surface area contributed by atoms with Gasteiger partial charge in [0.25, 0.3) is 0 Å². The van der Waals surface area contributed by atoms with E-state index in [1.54, 1.807) is 19.2 Å². The average molecular weight is 266 g/mol. The van der Waals surface area contributed by atoms with Crippen molar-refractivity contribution in [3.63, 3.8) is 0 Å². The number of methoxy groups -OCH3 is 1. The maximum absolute atomic E-state index is 14.0. The normalized spacial score (nSPS) is 29.2. The highest BCUT2D eigenvalue weighted by Gasteiger charge is 2.42. The Kier molecular flexibility index (Phi) is 4.55. The average Bonchev–Trinajstić information content (AvgIpc) is 2.44. The molecule has 3 nitrogen and oxygen atoms in total. The highest BCUT2D eigenvalue weighted by Crippen LogP contribution is 2.42. The van der Waals surface area contributed by atoms with E-state index in [1.807, 2.05) is 6.07 Å². The van der Waals surface area contributed by atoms with Gasteiger partial charge in [0.05, 0.1) is 11.6 Å². The molecule has 19 heavy (non-hydrogen) atoms. The fourth-order valence-electron chi connectivity index (χ4n) is 3.10. The lowest BCUT2D eigenvalue weighted by atomic mass is 9.73. The minimum absolute atomic E-state index is 0.236. The topological polar surface area (TPSA) is 47.3 Å². The Balaban J connectivity index is 2.32. The standard InChI is InChI=1S/C15H23FN2O/c1-11-7-9-15(19-2,10-8-11)14(18-17)12-5-3-4-6-13(12)16/h3-6,11,14,18H,7-10,17H2,1-2H3. The third-order valence-electron chi connectivity index (χ3n) is 4.44. The summed E-state index contributed by atoms with van der Waals surface area (Å²) in [5.41, 5.74) is 2.94. The molecule has 1 saturated carbocycles. The van der Waals surface area contributed by atoms with Crippen LogP contribution in [0.5, 0.6) is 0 Å². The van der Waals surface area contributed by atoms with E-state index in [0.717, 1.165) is 25.7 Å². The zero-order chi connectivity index (χ0) is 13.9. The molecule has 0 aromatic heterocycles. The Morgan fingerprint density at radius 3 is 2.53 bits per heavy atom. The summed E-state index contributed by atoms with van der Waals surface area (Å²) in [6.45, 7) is 2.24. The largest absolute Gasteiger partial charge is 0.376 e. The quantitative estimate of drug-likeness (QED) is 0.650. The van der Waals surface area contributed by atoms with Gasteiger partial charge in [0.2, 0.25) is 0 Å². The number of rotatable bonds is 4. The van der Waals surface area contributed by atoms with Crippen molar-refractivity contribution in [2.45, 2.75) is 44.2 Å². The van der Waals surface area contributed by atoms with Crippen LogP contribution in [-0.2, 0) is 4.74 Å². The van der Waals surface area contributed by atoms with Crippen molar-refractivity contribution in [1.29, 1.82) is 0 Å². The predicted molar refractivity (Wildman–Crippen MR) is 73.8 cm³/mol. The minimum atomic E-state index is -0.413. The molecule has 4 heteroatoms. The van der Waals surface area contributed by atoms with Gasteiger partial charge in [-0.25, -0.2) is 9.82 Å². The van der Waals surface area contributed by atoms with Crippen LogP contribution < -0.4 is 11.3 Å². The summed E-state index contributed by atoms with van der Waals surface area (Å²) in [7, 11) is 1.70. The van der Waals surface area contributed by atoms with E-state index < -0.39 is 5.60 Å². The van der Waals surface area contributed by atoms with Gasteiger partial charge in [0.15, 0.2) is 0 Å². The number of halogens is 1. The Hall–Kier alpha value is -0.970. The van der Waals surface area contributed by atoms with Gasteiger partial charge in [-0.05, 0) is 37.7 Å². The van der Waals surface area contributed by atoms with E-state index in [-0.39, 0.29) is 11.9 Å². The number of nitrogens with two attached hydrogens (primary N) is 1. The van der Waals surface area contributed by atoms with Crippen molar-refractivity contribution in [2.24, 2.45) is 11.8 Å². The van der Waals surface area contributed by atoms with Crippen LogP contribution in [0.15, 0.2) is 24.3 Å². The molecular weight excluding hydrogens is 243 g/mol. The lowest BCUT2D eigenvalue weighted by Gasteiger charge is -2.44. The molecule has 2 rings (SSSR count). The molecule has 1 atom stereocenters. The predicted octanol–water partition coefficient (Wildman–Crippen LogP) is 2.93. The van der Waals surface area contributed by atoms with E-state index in [0.29, 0.717) is 11.5 Å². The van der Waals surface area contributed by atoms with Crippen molar-refractivity contribution in [2.75, 3.05) is 7.11 Å². The van der Waals surface area contributed by atoms with E-state index in [4.69, 9.17) is 10.6 Å². The van der Waals surface area contributed by atoms with E-state index in [9.17, 15) is 4.39 Å². The number of benzene rings is 1. The first-order valence-corrected chi connectivity index (χ1v) is 6.88. The summed E-state index contributed by atoms with van der Waals surface area (Å²) >= 11 is 0. The van der Waals surface area contributed by atoms with Crippen molar-refractivity contribution in [3.8, 4) is 0 Å². The summed E-state index contributed by atoms with van der Waals surface area (Å²) in [5, 5.41) is 0. The van der Waals surface area contributed by atoms with Crippen LogP contribution in [0, 0.1) is 11.7 Å². The first kappa shape index (κ1) is 14.4. The maximum Gasteiger partial charge on any atom is 0.128 e. The van der Waals surface area contributed by atoms with Gasteiger partial charge in [-0.1, -0.05) is 25.1 Å². The Bertz CT molecular complexity index is 416. The third-order valence-corrected chi connectivity index (χ3v) is 4.44. The second kappa shape index (κ2) is 5.99. The second-order valence-corrected chi connectivity index (χ2v) is 5.57. The van der Waals surface area contributed by atoms with Crippen LogP contribution in [0.2, 0.25) is 0 Å². The van der Waals surface area contributed by atoms with Crippen LogP contribution >= 0.6 is 0 Å². The number of nitrogens with one attached hydrogen (secondary N) is 1. The lowest BCUT2D eigenvalue weighted by molar-refractivity contribution is -0.0768. The summed E-state index contributed by atoms with van der Waals surface area (Å²) < 4.78 is 19.8. The summed E-state index contributed by atoms with van der Waals surface area (Å²) in [4.78, 5) is 0. The fraction of sp³-hybridized carbons (Fsp3) is 0.600. The minimum Gasteiger partial charge on any atom is -0.376 e. The van der Waals surface area contributed by atoms with E-state index >= 15 is 0 Å². The number of hydrazine groups is 1. The van der Waals surface area contributed by atoms with Crippen molar-refractivity contribution in [3.05, 3.63) is 35.6 Å². The SMILES string of the molecule is COC1(C(NN)c2ccccc2F)CCC(C)CC1. The molecule has 0 bridgehead atoms. The molecule has 1 aliphatic carbocycles. The zero-order valence-corrected chi connectivity index (χ0v) is 11.7. The van der Waals surface area contributed by atoms with Crippen LogP contribution in [-0.4, -0.2) is 12.7 Å². The van der Waals surface area contributed by atoms with Gasteiger partial charge in [0.1, 0.15) is 5.82 Å². The lowest BCUT2D eigenvalue weighted by Crippen LogP contribution is -2.50. The van der Waals surface area contributed by atoms with Gasteiger partial charge < -0.3 is 4.74 Å². The molecule has 1 aromatic carbocycles. The zero-order valence-electron chi connectivity index (χ0n) is 11.7. The van der Waals surface area contributed by atoms with Gasteiger partial charge >= 0.3 is 0 Å². The second-order valence-electron chi connectivity index (χ2n) is 5.57. The summed E-state index contributed by atoms with van der Waals surface area (Å²) in [5.74, 6) is 6.16. The molecule has 1 fully saturated rings. The third kappa shape index (κ3) is 2.81. The molecule has 1 aromatic rings. The molecular formula is C15H23FN2O. The Morgan fingerprint density at radius 1 is 1.37 bits per heavy atom. The maximum atomic E-state index is 14.0. The molecule has 0 radical (unpaired) electrons. The number of ether oxygens (including phenoxy) is 1. The molecule has 106 valence electrons. The fourth-order valence-corrected chi connectivity index (χ4v) is 3.10. The molecule has 0 aliphatic heterocycles. The first-order valence-electron chi connectivity index (χ1n) is 6.88. The number of hydrogen-bond acceptors (Lipinski definition) is 3. The number of hydrogen-bond donors (Lipinski definition) is 2. The smallest absolute Gasteiger partial charge is 0.128 e. The van der Waals surface area contributed by atoms with Crippen LogP contribution in [0.4, 0.5) is 4.39 Å². The van der Waals surface area contributed by atoms with Gasteiger partial charge in [-0.2, -0.15) is 0 Å². The summed E-state index contributed by atoms with van der Waals surface area (Å²) in [6, 6.07) is 6.45. The van der Waals surface area contributed by atoms with Crippen LogP contribution in [0.1, 0.15) is 44.2 Å². The van der Waals surface area contributed by atoms with Crippen molar-refractivity contribution in [1.82, 2.24) is 5.43 Å². The molecule has 3 N–H and O–H groups in total. The molecule has 0 amide bonds. The van der Waals surface area contributed by atoms with Crippen molar-refractivity contribution >= 4 is 0 Å². The molecule has 0 saturated heterocycles. The van der Waals surface area contributed by atoms with E-state index in [2.05, 4.69) is 12.3 Å². The van der Waals surface area contributed by atoms with Gasteiger partial charge in [-0.15, -0.1) is 0 Å². The monoisotopic (exact) mass is 266 g/mol. The van der Waals surface area contributed by atoms with Crippen LogP contribution in [0.3, 0.4) is 0 Å². The highest BCUT2D eigenvalue weighted by molar-refractivity contribution is 5.24. The summed E-state index contributed by atoms with van der Waals surface area (Å²) in [6.07, 6.45) is 3.96. The Morgan fingerprint density at radius 2 is 2.00 bits per heavy atom.